The van der Waals surface area contributed by atoms with Gasteiger partial charge < -0.3 is 4.42 Å². The molecule has 0 aromatic carbocycles. The fourth-order valence-electron chi connectivity index (χ4n) is 2.09. The molecule has 1 aliphatic carbocycles. The van der Waals surface area contributed by atoms with Gasteiger partial charge in [0.05, 0.1) is 11.8 Å². The van der Waals surface area contributed by atoms with Gasteiger partial charge in [-0.1, -0.05) is 6.92 Å². The van der Waals surface area contributed by atoms with Crippen LogP contribution in [0.5, 0.6) is 0 Å². The Bertz CT molecular complexity index is 452. The molecule has 1 aliphatic rings. The standard InChI is InChI=1S/C11H13N3O2/c1-7-3-11(4-7,6-12)9(15)14-10-13-8(2)5-16-10/h5,7H,3-4H2,1-2H3,(H,13,14,15). The Labute approximate surface area is 93.5 Å². The fraction of sp³-hybridized carbons (Fsp3) is 0.545. The molecule has 0 spiro atoms. The van der Waals surface area contributed by atoms with Crippen LogP contribution < -0.4 is 5.32 Å². The number of aryl methyl sites for hydroxylation is 1. The van der Waals surface area contributed by atoms with E-state index in [2.05, 4.69) is 16.4 Å². The van der Waals surface area contributed by atoms with Crippen molar-refractivity contribution < 1.29 is 9.21 Å². The van der Waals surface area contributed by atoms with Gasteiger partial charge in [0.15, 0.2) is 0 Å². The van der Waals surface area contributed by atoms with Crippen molar-refractivity contribution in [1.29, 1.82) is 5.26 Å². The zero-order valence-corrected chi connectivity index (χ0v) is 9.28. The van der Waals surface area contributed by atoms with E-state index in [9.17, 15) is 4.79 Å². The average molecular weight is 219 g/mol. The molecule has 84 valence electrons. The molecule has 1 fully saturated rings. The number of amides is 1. The Morgan fingerprint density at radius 3 is 2.88 bits per heavy atom. The van der Waals surface area contributed by atoms with Crippen LogP contribution in [0, 0.1) is 29.6 Å². The predicted molar refractivity (Wildman–Crippen MR) is 56.3 cm³/mol. The van der Waals surface area contributed by atoms with Crippen molar-refractivity contribution in [2.75, 3.05) is 5.32 Å². The lowest BCUT2D eigenvalue weighted by molar-refractivity contribution is -0.128. The number of rotatable bonds is 2. The highest BCUT2D eigenvalue weighted by Gasteiger charge is 2.49. The maximum atomic E-state index is 11.9. The second-order valence-corrected chi connectivity index (χ2v) is 4.46. The zero-order valence-electron chi connectivity index (χ0n) is 9.28. The molecule has 1 aromatic rings. The molecule has 5 nitrogen and oxygen atoms in total. The van der Waals surface area contributed by atoms with Gasteiger partial charge in [-0.3, -0.25) is 10.1 Å². The molecule has 16 heavy (non-hydrogen) atoms. The van der Waals surface area contributed by atoms with Crippen LogP contribution in [-0.2, 0) is 4.79 Å². The number of oxazole rings is 1. The van der Waals surface area contributed by atoms with Crippen molar-refractivity contribution >= 4 is 11.9 Å². The fourth-order valence-corrected chi connectivity index (χ4v) is 2.09. The third-order valence-corrected chi connectivity index (χ3v) is 2.88. The molecular weight excluding hydrogens is 206 g/mol. The minimum Gasteiger partial charge on any atom is -0.432 e. The van der Waals surface area contributed by atoms with Crippen molar-refractivity contribution in [3.63, 3.8) is 0 Å². The van der Waals surface area contributed by atoms with E-state index < -0.39 is 5.41 Å². The first-order valence-corrected chi connectivity index (χ1v) is 5.20. The summed E-state index contributed by atoms with van der Waals surface area (Å²) < 4.78 is 5.02. The average Bonchev–Trinajstić information content (AvgIpc) is 2.58. The minimum absolute atomic E-state index is 0.164. The number of nitrogens with zero attached hydrogens (tertiary/aromatic N) is 2. The quantitative estimate of drug-likeness (QED) is 0.823. The van der Waals surface area contributed by atoms with Crippen LogP contribution in [0.15, 0.2) is 10.7 Å². The molecule has 5 heteroatoms. The van der Waals surface area contributed by atoms with Gasteiger partial charge in [-0.15, -0.1) is 0 Å². The summed E-state index contributed by atoms with van der Waals surface area (Å²) in [6.45, 7) is 3.79. The van der Waals surface area contributed by atoms with E-state index in [0.29, 0.717) is 24.5 Å². The highest BCUT2D eigenvalue weighted by atomic mass is 16.4. The van der Waals surface area contributed by atoms with Gasteiger partial charge in [0.1, 0.15) is 11.7 Å². The van der Waals surface area contributed by atoms with E-state index in [0.717, 1.165) is 0 Å². The summed E-state index contributed by atoms with van der Waals surface area (Å²) in [5.41, 5.74) is -0.190. The van der Waals surface area contributed by atoms with Gasteiger partial charge in [0.25, 0.3) is 0 Å². The molecule has 1 aromatic heterocycles. The van der Waals surface area contributed by atoms with Gasteiger partial charge in [-0.2, -0.15) is 10.2 Å². The highest BCUT2D eigenvalue weighted by molar-refractivity contribution is 5.96. The SMILES string of the molecule is Cc1coc(NC(=O)C2(C#N)CC(C)C2)n1. The lowest BCUT2D eigenvalue weighted by Gasteiger charge is -2.38. The van der Waals surface area contributed by atoms with Gasteiger partial charge in [-0.25, -0.2) is 0 Å². The van der Waals surface area contributed by atoms with E-state index in [1.54, 1.807) is 6.92 Å². The smallest absolute Gasteiger partial charge is 0.301 e. The predicted octanol–water partition coefficient (Wildman–Crippen LogP) is 1.86. The van der Waals surface area contributed by atoms with E-state index in [4.69, 9.17) is 9.68 Å². The number of aromatic nitrogens is 1. The number of carbonyl (C=O) groups is 1. The van der Waals surface area contributed by atoms with Crippen LogP contribution in [0.1, 0.15) is 25.5 Å². The van der Waals surface area contributed by atoms with Crippen molar-refractivity contribution in [3.05, 3.63) is 12.0 Å². The van der Waals surface area contributed by atoms with Crippen LogP contribution in [-0.4, -0.2) is 10.9 Å². The molecule has 0 saturated heterocycles. The second kappa shape index (κ2) is 3.63. The Morgan fingerprint density at radius 2 is 2.44 bits per heavy atom. The van der Waals surface area contributed by atoms with Crippen molar-refractivity contribution in [3.8, 4) is 6.07 Å². The molecule has 0 aliphatic heterocycles. The van der Waals surface area contributed by atoms with Crippen LogP contribution in [0.4, 0.5) is 6.01 Å². The van der Waals surface area contributed by atoms with Crippen molar-refractivity contribution in [2.45, 2.75) is 26.7 Å². The van der Waals surface area contributed by atoms with E-state index >= 15 is 0 Å². The summed E-state index contributed by atoms with van der Waals surface area (Å²) in [5.74, 6) is 0.117. The van der Waals surface area contributed by atoms with Crippen LogP contribution in [0.3, 0.4) is 0 Å². The molecule has 0 unspecified atom stereocenters. The van der Waals surface area contributed by atoms with Crippen molar-refractivity contribution in [1.82, 2.24) is 4.98 Å². The molecule has 2 rings (SSSR count). The summed E-state index contributed by atoms with van der Waals surface area (Å²) in [6.07, 6.45) is 2.67. The van der Waals surface area contributed by atoms with Crippen molar-refractivity contribution in [2.24, 2.45) is 11.3 Å². The molecule has 0 bridgehead atoms. The van der Waals surface area contributed by atoms with E-state index in [1.165, 1.54) is 6.26 Å². The largest absolute Gasteiger partial charge is 0.432 e. The number of nitriles is 1. The summed E-state index contributed by atoms with van der Waals surface area (Å²) in [5, 5.41) is 11.6. The second-order valence-electron chi connectivity index (χ2n) is 4.46. The van der Waals surface area contributed by atoms with Gasteiger partial charge in [-0.05, 0) is 25.7 Å². The lowest BCUT2D eigenvalue weighted by atomic mass is 9.63. The van der Waals surface area contributed by atoms with Gasteiger partial charge in [0.2, 0.25) is 5.91 Å². The third-order valence-electron chi connectivity index (χ3n) is 2.88. The number of anilines is 1. The number of nitrogens with one attached hydrogen (secondary N) is 1. The normalized spacial score (nSPS) is 27.9. The Kier molecular flexibility index (Phi) is 2.43. The zero-order chi connectivity index (χ0) is 11.8. The van der Waals surface area contributed by atoms with Crippen LogP contribution >= 0.6 is 0 Å². The summed E-state index contributed by atoms with van der Waals surface area (Å²) in [6, 6.07) is 2.25. The summed E-state index contributed by atoms with van der Waals surface area (Å²) in [7, 11) is 0. The maximum Gasteiger partial charge on any atom is 0.301 e. The lowest BCUT2D eigenvalue weighted by Crippen LogP contribution is -2.45. The summed E-state index contributed by atoms with van der Waals surface area (Å²) in [4.78, 5) is 15.8. The summed E-state index contributed by atoms with van der Waals surface area (Å²) >= 11 is 0. The molecule has 0 atom stereocenters. The van der Waals surface area contributed by atoms with E-state index in [1.807, 2.05) is 6.92 Å². The molecule has 1 amide bonds. The Morgan fingerprint density at radius 1 is 1.75 bits per heavy atom. The number of hydrogen-bond acceptors (Lipinski definition) is 4. The third kappa shape index (κ3) is 1.67. The number of carbonyl (C=O) groups excluding carboxylic acids is 1. The first-order valence-electron chi connectivity index (χ1n) is 5.20. The topological polar surface area (TPSA) is 78.9 Å². The number of hydrogen-bond donors (Lipinski definition) is 1. The molecular formula is C11H13N3O2. The van der Waals surface area contributed by atoms with Gasteiger partial charge in [0, 0.05) is 0 Å². The first-order chi connectivity index (χ1) is 7.55. The highest BCUT2D eigenvalue weighted by Crippen LogP contribution is 2.45. The van der Waals surface area contributed by atoms with Crippen LogP contribution in [0.25, 0.3) is 0 Å². The maximum absolute atomic E-state index is 11.9. The van der Waals surface area contributed by atoms with Crippen LogP contribution in [0.2, 0.25) is 0 Å². The molecule has 1 N–H and O–H groups in total. The Balaban J connectivity index is 2.06. The molecule has 1 heterocycles. The monoisotopic (exact) mass is 219 g/mol. The molecule has 1 saturated carbocycles. The molecule has 0 radical (unpaired) electrons. The first kappa shape index (κ1) is 10.7. The Hall–Kier alpha value is -1.83. The van der Waals surface area contributed by atoms with Gasteiger partial charge >= 0.3 is 6.01 Å². The minimum atomic E-state index is -0.887. The van der Waals surface area contributed by atoms with E-state index in [-0.39, 0.29) is 11.9 Å².